The van der Waals surface area contributed by atoms with Crippen molar-refractivity contribution in [3.05, 3.63) is 29.6 Å². The molecule has 1 aliphatic rings. The van der Waals surface area contributed by atoms with Gasteiger partial charge in [0.25, 0.3) is 0 Å². The molecule has 0 aliphatic carbocycles. The predicted molar refractivity (Wildman–Crippen MR) is 75.6 cm³/mol. The molecule has 1 fully saturated rings. The number of nitriles is 1. The first-order valence-corrected chi connectivity index (χ1v) is 7.04. The summed E-state index contributed by atoms with van der Waals surface area (Å²) >= 11 is 0. The molecule has 0 N–H and O–H groups in total. The van der Waals surface area contributed by atoms with E-state index in [1.54, 1.807) is 6.20 Å². The summed E-state index contributed by atoms with van der Waals surface area (Å²) < 4.78 is 0. The van der Waals surface area contributed by atoms with Crippen molar-refractivity contribution in [2.45, 2.75) is 32.9 Å². The maximum atomic E-state index is 8.86. The molecule has 1 aliphatic heterocycles. The molecule has 0 bridgehead atoms. The summed E-state index contributed by atoms with van der Waals surface area (Å²) in [6, 6.07) is 6.68. The van der Waals surface area contributed by atoms with Crippen molar-refractivity contribution < 1.29 is 0 Å². The van der Waals surface area contributed by atoms with Gasteiger partial charge in [0.05, 0.1) is 0 Å². The van der Waals surface area contributed by atoms with Crippen LogP contribution in [0.2, 0.25) is 0 Å². The predicted octanol–water partition coefficient (Wildman–Crippen LogP) is 1.87. The summed E-state index contributed by atoms with van der Waals surface area (Å²) in [5.74, 6) is 0. The first-order chi connectivity index (χ1) is 9.22. The zero-order valence-electron chi connectivity index (χ0n) is 11.8. The third kappa shape index (κ3) is 3.76. The van der Waals surface area contributed by atoms with Crippen molar-refractivity contribution in [1.29, 1.82) is 5.26 Å². The molecule has 2 rings (SSSR count). The number of hydrogen-bond donors (Lipinski definition) is 0. The van der Waals surface area contributed by atoms with E-state index in [-0.39, 0.29) is 0 Å². The highest BCUT2D eigenvalue weighted by atomic mass is 15.3. The second-order valence-corrected chi connectivity index (χ2v) is 5.23. The Morgan fingerprint density at radius 3 is 2.74 bits per heavy atom. The minimum Gasteiger partial charge on any atom is -0.298 e. The standard InChI is InChI=1S/C15H22N4/c1-3-13(2)19-8-6-18(7-9-19)12-14-4-5-17-15(10-14)11-16/h4-5,10,13H,3,6-9,12H2,1-2H3. The van der Waals surface area contributed by atoms with Gasteiger partial charge < -0.3 is 0 Å². The van der Waals surface area contributed by atoms with Gasteiger partial charge in [0.2, 0.25) is 0 Å². The molecule has 0 amide bonds. The first kappa shape index (κ1) is 14.0. The van der Waals surface area contributed by atoms with Gasteiger partial charge in [-0.25, -0.2) is 4.98 Å². The largest absolute Gasteiger partial charge is 0.298 e. The van der Waals surface area contributed by atoms with Crippen molar-refractivity contribution in [3.8, 4) is 6.07 Å². The van der Waals surface area contributed by atoms with Crippen LogP contribution >= 0.6 is 0 Å². The van der Waals surface area contributed by atoms with Crippen molar-refractivity contribution in [1.82, 2.24) is 14.8 Å². The number of piperazine rings is 1. The Bertz CT molecular complexity index is 444. The Morgan fingerprint density at radius 1 is 1.37 bits per heavy atom. The molecule has 1 aromatic rings. The Kier molecular flexibility index (Phi) is 4.89. The number of pyridine rings is 1. The third-order valence-electron chi connectivity index (χ3n) is 3.97. The van der Waals surface area contributed by atoms with Crippen LogP contribution in [-0.2, 0) is 6.54 Å². The monoisotopic (exact) mass is 258 g/mol. The number of nitrogens with zero attached hydrogens (tertiary/aromatic N) is 4. The molecular formula is C15H22N4. The highest BCUT2D eigenvalue weighted by molar-refractivity contribution is 5.25. The van der Waals surface area contributed by atoms with E-state index in [1.807, 2.05) is 12.1 Å². The van der Waals surface area contributed by atoms with E-state index in [1.165, 1.54) is 12.0 Å². The molecule has 0 spiro atoms. The molecule has 2 heterocycles. The van der Waals surface area contributed by atoms with E-state index >= 15 is 0 Å². The molecule has 19 heavy (non-hydrogen) atoms. The number of hydrogen-bond acceptors (Lipinski definition) is 4. The maximum absolute atomic E-state index is 8.86. The Morgan fingerprint density at radius 2 is 2.11 bits per heavy atom. The lowest BCUT2D eigenvalue weighted by molar-refractivity contribution is 0.0963. The van der Waals surface area contributed by atoms with Crippen LogP contribution in [0.25, 0.3) is 0 Å². The molecule has 0 radical (unpaired) electrons. The van der Waals surface area contributed by atoms with Gasteiger partial charge in [-0.15, -0.1) is 0 Å². The van der Waals surface area contributed by atoms with Gasteiger partial charge in [0.1, 0.15) is 11.8 Å². The van der Waals surface area contributed by atoms with Crippen molar-refractivity contribution in [2.75, 3.05) is 26.2 Å². The molecule has 1 aromatic heterocycles. The van der Waals surface area contributed by atoms with Crippen LogP contribution in [-0.4, -0.2) is 47.0 Å². The Hall–Kier alpha value is -1.44. The molecule has 102 valence electrons. The lowest BCUT2D eigenvalue weighted by Gasteiger charge is -2.37. The number of aromatic nitrogens is 1. The quantitative estimate of drug-likeness (QED) is 0.827. The van der Waals surface area contributed by atoms with E-state index in [2.05, 4.69) is 34.7 Å². The smallest absolute Gasteiger partial charge is 0.140 e. The Labute approximate surface area is 115 Å². The zero-order chi connectivity index (χ0) is 13.7. The summed E-state index contributed by atoms with van der Waals surface area (Å²) in [6.07, 6.45) is 2.94. The van der Waals surface area contributed by atoms with E-state index < -0.39 is 0 Å². The van der Waals surface area contributed by atoms with E-state index in [0.29, 0.717) is 11.7 Å². The molecule has 4 nitrogen and oxygen atoms in total. The average molecular weight is 258 g/mol. The second kappa shape index (κ2) is 6.65. The lowest BCUT2D eigenvalue weighted by atomic mass is 10.1. The van der Waals surface area contributed by atoms with Crippen molar-refractivity contribution in [2.24, 2.45) is 0 Å². The van der Waals surface area contributed by atoms with Gasteiger partial charge in [-0.3, -0.25) is 9.80 Å². The van der Waals surface area contributed by atoms with Crippen LogP contribution in [0.5, 0.6) is 0 Å². The highest BCUT2D eigenvalue weighted by Crippen LogP contribution is 2.12. The average Bonchev–Trinajstić information content (AvgIpc) is 2.47. The van der Waals surface area contributed by atoms with Crippen LogP contribution < -0.4 is 0 Å². The van der Waals surface area contributed by atoms with E-state index in [4.69, 9.17) is 5.26 Å². The van der Waals surface area contributed by atoms with Crippen LogP contribution in [0.4, 0.5) is 0 Å². The van der Waals surface area contributed by atoms with Crippen LogP contribution in [0.1, 0.15) is 31.5 Å². The van der Waals surface area contributed by atoms with Gasteiger partial charge in [0.15, 0.2) is 0 Å². The van der Waals surface area contributed by atoms with E-state index in [9.17, 15) is 0 Å². The first-order valence-electron chi connectivity index (χ1n) is 7.04. The summed E-state index contributed by atoms with van der Waals surface area (Å²) in [6.45, 7) is 9.97. The molecule has 0 aromatic carbocycles. The fraction of sp³-hybridized carbons (Fsp3) is 0.600. The molecular weight excluding hydrogens is 236 g/mol. The number of rotatable bonds is 4. The zero-order valence-corrected chi connectivity index (χ0v) is 11.8. The fourth-order valence-electron chi connectivity index (χ4n) is 2.51. The van der Waals surface area contributed by atoms with Gasteiger partial charge >= 0.3 is 0 Å². The molecule has 1 unspecified atom stereocenters. The molecule has 0 saturated carbocycles. The van der Waals surface area contributed by atoms with Crippen LogP contribution in [0.3, 0.4) is 0 Å². The van der Waals surface area contributed by atoms with Crippen LogP contribution in [0, 0.1) is 11.3 Å². The summed E-state index contributed by atoms with van der Waals surface area (Å²) in [5, 5.41) is 8.86. The van der Waals surface area contributed by atoms with E-state index in [0.717, 1.165) is 32.7 Å². The highest BCUT2D eigenvalue weighted by Gasteiger charge is 2.19. The topological polar surface area (TPSA) is 43.2 Å². The lowest BCUT2D eigenvalue weighted by Crippen LogP contribution is -2.48. The Balaban J connectivity index is 1.87. The maximum Gasteiger partial charge on any atom is 0.140 e. The second-order valence-electron chi connectivity index (χ2n) is 5.23. The van der Waals surface area contributed by atoms with Gasteiger partial charge in [-0.2, -0.15) is 5.26 Å². The minimum atomic E-state index is 0.510. The SMILES string of the molecule is CCC(C)N1CCN(Cc2ccnc(C#N)c2)CC1. The molecule has 1 atom stereocenters. The van der Waals surface area contributed by atoms with Gasteiger partial charge in [-0.1, -0.05) is 6.92 Å². The van der Waals surface area contributed by atoms with Crippen molar-refractivity contribution >= 4 is 0 Å². The fourth-order valence-corrected chi connectivity index (χ4v) is 2.51. The molecule has 1 saturated heterocycles. The van der Waals surface area contributed by atoms with Gasteiger partial charge in [-0.05, 0) is 31.0 Å². The third-order valence-corrected chi connectivity index (χ3v) is 3.97. The normalized spacial score (nSPS) is 19.0. The summed E-state index contributed by atoms with van der Waals surface area (Å²) in [7, 11) is 0. The van der Waals surface area contributed by atoms with Crippen molar-refractivity contribution in [3.63, 3.8) is 0 Å². The van der Waals surface area contributed by atoms with Gasteiger partial charge in [0, 0.05) is 45.0 Å². The minimum absolute atomic E-state index is 0.510. The molecule has 4 heteroatoms. The van der Waals surface area contributed by atoms with Crippen LogP contribution in [0.15, 0.2) is 18.3 Å². The summed E-state index contributed by atoms with van der Waals surface area (Å²) in [5.41, 5.74) is 1.69. The summed E-state index contributed by atoms with van der Waals surface area (Å²) in [4.78, 5) is 9.02.